The Hall–Kier alpha value is -0.610. The highest BCUT2D eigenvalue weighted by atomic mass is 16.4. The third kappa shape index (κ3) is 4.25. The summed E-state index contributed by atoms with van der Waals surface area (Å²) >= 11 is 0. The lowest BCUT2D eigenvalue weighted by Crippen LogP contribution is -2.48. The zero-order valence-electron chi connectivity index (χ0n) is 12.3. The summed E-state index contributed by atoms with van der Waals surface area (Å²) in [6.45, 7) is 9.69. The molecule has 1 aliphatic rings. The first kappa shape index (κ1) is 15.4. The first-order valence-corrected chi connectivity index (χ1v) is 6.94. The van der Waals surface area contributed by atoms with E-state index in [0.717, 1.165) is 26.1 Å². The van der Waals surface area contributed by atoms with Crippen LogP contribution in [-0.4, -0.2) is 48.2 Å². The standard InChI is InChI=1S/C14H28N2O2/c1-13(2)7-5-9-16(11-13)10-6-8-14(3,15-4)12(17)18/h15H,5-11H2,1-4H3,(H,17,18). The second-order valence-electron chi connectivity index (χ2n) is 6.53. The number of nitrogens with zero attached hydrogens (tertiary/aromatic N) is 1. The molecule has 1 heterocycles. The first-order chi connectivity index (χ1) is 8.29. The van der Waals surface area contributed by atoms with Crippen LogP contribution in [0.15, 0.2) is 0 Å². The molecule has 1 unspecified atom stereocenters. The largest absolute Gasteiger partial charge is 0.480 e. The van der Waals surface area contributed by atoms with Crippen LogP contribution in [0.2, 0.25) is 0 Å². The fourth-order valence-electron chi connectivity index (χ4n) is 2.73. The number of nitrogens with one attached hydrogen (secondary N) is 1. The Morgan fingerprint density at radius 1 is 1.50 bits per heavy atom. The maximum Gasteiger partial charge on any atom is 0.323 e. The molecular weight excluding hydrogens is 228 g/mol. The van der Waals surface area contributed by atoms with Crippen molar-refractivity contribution < 1.29 is 9.90 Å². The summed E-state index contributed by atoms with van der Waals surface area (Å²) < 4.78 is 0. The number of piperidine rings is 1. The van der Waals surface area contributed by atoms with Crippen molar-refractivity contribution in [3.05, 3.63) is 0 Å². The van der Waals surface area contributed by atoms with Crippen LogP contribution in [-0.2, 0) is 4.79 Å². The molecule has 4 heteroatoms. The average molecular weight is 256 g/mol. The molecule has 1 rings (SSSR count). The van der Waals surface area contributed by atoms with Gasteiger partial charge in [0, 0.05) is 6.54 Å². The maximum absolute atomic E-state index is 11.2. The Morgan fingerprint density at radius 2 is 2.17 bits per heavy atom. The smallest absolute Gasteiger partial charge is 0.323 e. The van der Waals surface area contributed by atoms with E-state index < -0.39 is 11.5 Å². The molecule has 2 N–H and O–H groups in total. The zero-order valence-corrected chi connectivity index (χ0v) is 12.3. The fraction of sp³-hybridized carbons (Fsp3) is 0.929. The minimum atomic E-state index is -0.786. The van der Waals surface area contributed by atoms with Gasteiger partial charge < -0.3 is 15.3 Å². The van der Waals surface area contributed by atoms with Crippen LogP contribution in [0.3, 0.4) is 0 Å². The average Bonchev–Trinajstić information content (AvgIpc) is 2.27. The predicted octanol–water partition coefficient (Wildman–Crippen LogP) is 1.95. The third-order valence-corrected chi connectivity index (χ3v) is 4.15. The van der Waals surface area contributed by atoms with Crippen LogP contribution in [0, 0.1) is 5.41 Å². The van der Waals surface area contributed by atoms with E-state index in [1.807, 2.05) is 0 Å². The van der Waals surface area contributed by atoms with Crippen molar-refractivity contribution >= 4 is 5.97 Å². The summed E-state index contributed by atoms with van der Waals surface area (Å²) in [4.78, 5) is 13.6. The SMILES string of the molecule is CNC(C)(CCCN1CCCC(C)(C)C1)C(=O)O. The molecule has 4 nitrogen and oxygen atoms in total. The van der Waals surface area contributed by atoms with Crippen molar-refractivity contribution in [2.24, 2.45) is 5.41 Å². The van der Waals surface area contributed by atoms with Crippen LogP contribution in [0.1, 0.15) is 46.5 Å². The van der Waals surface area contributed by atoms with Crippen molar-refractivity contribution in [1.82, 2.24) is 10.2 Å². The van der Waals surface area contributed by atoms with E-state index in [9.17, 15) is 9.90 Å². The summed E-state index contributed by atoms with van der Waals surface area (Å²) in [7, 11) is 1.72. The van der Waals surface area contributed by atoms with Crippen LogP contribution in [0.4, 0.5) is 0 Å². The number of carboxylic acids is 1. The highest BCUT2D eigenvalue weighted by molar-refractivity contribution is 5.78. The zero-order chi connectivity index (χ0) is 13.8. The number of likely N-dealkylation sites (tertiary alicyclic amines) is 1. The topological polar surface area (TPSA) is 52.6 Å². The highest BCUT2D eigenvalue weighted by Gasteiger charge is 2.31. The monoisotopic (exact) mass is 256 g/mol. The highest BCUT2D eigenvalue weighted by Crippen LogP contribution is 2.28. The summed E-state index contributed by atoms with van der Waals surface area (Å²) in [6.07, 6.45) is 4.16. The summed E-state index contributed by atoms with van der Waals surface area (Å²) in [5.41, 5.74) is -0.372. The predicted molar refractivity (Wildman–Crippen MR) is 73.8 cm³/mol. The minimum Gasteiger partial charge on any atom is -0.480 e. The van der Waals surface area contributed by atoms with Gasteiger partial charge in [0.1, 0.15) is 5.54 Å². The van der Waals surface area contributed by atoms with Crippen molar-refractivity contribution in [3.63, 3.8) is 0 Å². The Balaban J connectivity index is 2.35. The summed E-state index contributed by atoms with van der Waals surface area (Å²) in [5, 5.41) is 12.1. The summed E-state index contributed by atoms with van der Waals surface area (Å²) in [6, 6.07) is 0. The molecule has 0 spiro atoms. The molecule has 0 bridgehead atoms. The van der Waals surface area contributed by atoms with E-state index in [1.165, 1.54) is 12.8 Å². The molecule has 1 aliphatic heterocycles. The molecule has 0 aromatic rings. The molecule has 0 amide bonds. The number of hydrogen-bond donors (Lipinski definition) is 2. The molecule has 0 aromatic heterocycles. The van der Waals surface area contributed by atoms with E-state index >= 15 is 0 Å². The normalized spacial score (nSPS) is 23.6. The van der Waals surface area contributed by atoms with E-state index in [0.29, 0.717) is 11.8 Å². The van der Waals surface area contributed by atoms with Gasteiger partial charge in [-0.3, -0.25) is 4.79 Å². The molecule has 1 saturated heterocycles. The van der Waals surface area contributed by atoms with Gasteiger partial charge in [0.05, 0.1) is 0 Å². The first-order valence-electron chi connectivity index (χ1n) is 6.94. The Bertz CT molecular complexity index is 292. The van der Waals surface area contributed by atoms with Crippen LogP contribution in [0.5, 0.6) is 0 Å². The second kappa shape index (κ2) is 6.02. The Morgan fingerprint density at radius 3 is 2.67 bits per heavy atom. The van der Waals surface area contributed by atoms with Crippen molar-refractivity contribution in [3.8, 4) is 0 Å². The van der Waals surface area contributed by atoms with E-state index in [1.54, 1.807) is 14.0 Å². The lowest BCUT2D eigenvalue weighted by atomic mass is 9.84. The van der Waals surface area contributed by atoms with Gasteiger partial charge in [0.15, 0.2) is 0 Å². The van der Waals surface area contributed by atoms with E-state index in [2.05, 4.69) is 24.1 Å². The minimum absolute atomic E-state index is 0.414. The van der Waals surface area contributed by atoms with Gasteiger partial charge in [0.2, 0.25) is 0 Å². The summed E-state index contributed by atoms with van der Waals surface area (Å²) in [5.74, 6) is -0.760. The molecular formula is C14H28N2O2. The second-order valence-corrected chi connectivity index (χ2v) is 6.53. The Labute approximate surface area is 111 Å². The van der Waals surface area contributed by atoms with Crippen LogP contribution >= 0.6 is 0 Å². The van der Waals surface area contributed by atoms with Gasteiger partial charge in [-0.15, -0.1) is 0 Å². The molecule has 0 aromatic carbocycles. The van der Waals surface area contributed by atoms with Gasteiger partial charge in [-0.1, -0.05) is 13.8 Å². The van der Waals surface area contributed by atoms with Gasteiger partial charge in [0.25, 0.3) is 0 Å². The number of aliphatic carboxylic acids is 1. The number of hydrogen-bond acceptors (Lipinski definition) is 3. The molecule has 0 saturated carbocycles. The number of rotatable bonds is 6. The number of carboxylic acid groups (broad SMARTS) is 1. The van der Waals surface area contributed by atoms with E-state index in [4.69, 9.17) is 0 Å². The maximum atomic E-state index is 11.2. The molecule has 106 valence electrons. The quantitative estimate of drug-likeness (QED) is 0.762. The van der Waals surface area contributed by atoms with Crippen LogP contribution < -0.4 is 5.32 Å². The van der Waals surface area contributed by atoms with Crippen molar-refractivity contribution in [2.45, 2.75) is 52.0 Å². The molecule has 0 aliphatic carbocycles. The number of likely N-dealkylation sites (N-methyl/N-ethyl adjacent to an activating group) is 1. The van der Waals surface area contributed by atoms with Crippen molar-refractivity contribution in [2.75, 3.05) is 26.7 Å². The van der Waals surface area contributed by atoms with Crippen molar-refractivity contribution in [1.29, 1.82) is 0 Å². The Kier molecular flexibility index (Phi) is 5.17. The lowest BCUT2D eigenvalue weighted by molar-refractivity contribution is -0.144. The number of carbonyl (C=O) groups is 1. The molecule has 18 heavy (non-hydrogen) atoms. The molecule has 1 atom stereocenters. The molecule has 0 radical (unpaired) electrons. The van der Waals surface area contributed by atoms with Gasteiger partial charge in [-0.25, -0.2) is 0 Å². The third-order valence-electron chi connectivity index (χ3n) is 4.15. The van der Waals surface area contributed by atoms with Gasteiger partial charge >= 0.3 is 5.97 Å². The van der Waals surface area contributed by atoms with Gasteiger partial charge in [-0.05, 0) is 58.2 Å². The van der Waals surface area contributed by atoms with E-state index in [-0.39, 0.29) is 0 Å². The lowest BCUT2D eigenvalue weighted by Gasteiger charge is -2.38. The van der Waals surface area contributed by atoms with Crippen LogP contribution in [0.25, 0.3) is 0 Å². The fourth-order valence-corrected chi connectivity index (χ4v) is 2.73. The van der Waals surface area contributed by atoms with Gasteiger partial charge in [-0.2, -0.15) is 0 Å². The molecule has 1 fully saturated rings.